The van der Waals surface area contributed by atoms with Gasteiger partial charge < -0.3 is 31.3 Å². The highest BCUT2D eigenvalue weighted by molar-refractivity contribution is 6.01. The average molecular weight is 468 g/mol. The molecule has 0 heterocycles. The Balaban J connectivity index is 5.58. The summed E-state index contributed by atoms with van der Waals surface area (Å²) < 4.78 is 0. The Hall–Kier alpha value is -3.82. The molecule has 0 aromatic rings. The molecule has 0 aliphatic rings. The number of terminal acetylenes is 1. The molecule has 0 saturated carbocycles. The van der Waals surface area contributed by atoms with Crippen LogP contribution in [0.4, 0.5) is 0 Å². The van der Waals surface area contributed by atoms with E-state index in [9.17, 15) is 29.1 Å². The summed E-state index contributed by atoms with van der Waals surface area (Å²) in [6.07, 6.45) is 4.40. The van der Waals surface area contributed by atoms with Gasteiger partial charge in [-0.3, -0.25) is 14.4 Å². The van der Waals surface area contributed by atoms with E-state index in [2.05, 4.69) is 26.6 Å². The van der Waals surface area contributed by atoms with Crippen LogP contribution in [-0.4, -0.2) is 75.8 Å². The van der Waals surface area contributed by atoms with Gasteiger partial charge in [0.25, 0.3) is 0 Å². The molecule has 0 aliphatic carbocycles. The minimum absolute atomic E-state index is 0.0661. The van der Waals surface area contributed by atoms with Crippen molar-refractivity contribution in [3.63, 3.8) is 0 Å². The van der Waals surface area contributed by atoms with E-state index < -0.39 is 59.3 Å². The Kier molecular flexibility index (Phi) is 11.4. The predicted octanol–water partition coefficient (Wildman–Crippen LogP) is -0.868. The number of carbonyl (C=O) groups excluding carboxylic acids is 3. The largest absolute Gasteiger partial charge is 0.479 e. The van der Waals surface area contributed by atoms with Crippen molar-refractivity contribution in [3.8, 4) is 12.3 Å². The van der Waals surface area contributed by atoms with Gasteiger partial charge in [-0.05, 0) is 32.2 Å². The van der Waals surface area contributed by atoms with E-state index >= 15 is 0 Å². The van der Waals surface area contributed by atoms with Crippen LogP contribution >= 0.6 is 0 Å². The molecule has 3 amide bonds. The zero-order valence-electron chi connectivity index (χ0n) is 18.5. The van der Waals surface area contributed by atoms with Crippen LogP contribution in [0.15, 0.2) is 5.11 Å². The summed E-state index contributed by atoms with van der Waals surface area (Å²) in [5.41, 5.74) is 5.78. The maximum atomic E-state index is 12.8. The molecule has 33 heavy (non-hydrogen) atoms. The Morgan fingerprint density at radius 3 is 2.15 bits per heavy atom. The number of hydrogen-bond acceptors (Lipinski definition) is 7. The number of rotatable bonds is 14. The second-order valence-electron chi connectivity index (χ2n) is 7.82. The number of aliphatic hydroxyl groups excluding tert-OH is 1. The van der Waals surface area contributed by atoms with Crippen molar-refractivity contribution in [2.24, 2.45) is 10.5 Å². The van der Waals surface area contributed by atoms with Crippen molar-refractivity contribution in [1.29, 1.82) is 0 Å². The fourth-order valence-corrected chi connectivity index (χ4v) is 2.90. The zero-order chi connectivity index (χ0) is 25.8. The minimum Gasteiger partial charge on any atom is -0.479 e. The third-order valence-electron chi connectivity index (χ3n) is 4.63. The number of carbonyl (C=O) groups is 5. The predicted molar refractivity (Wildman–Crippen MR) is 113 cm³/mol. The van der Waals surface area contributed by atoms with Crippen LogP contribution in [0.1, 0.15) is 40.0 Å². The van der Waals surface area contributed by atoms with Gasteiger partial charge in [0.05, 0.1) is 12.6 Å². The molecule has 14 nitrogen and oxygen atoms in total. The van der Waals surface area contributed by atoms with Crippen LogP contribution in [0.2, 0.25) is 0 Å². The average Bonchev–Trinajstić information content (AvgIpc) is 2.71. The number of carboxylic acid groups (broad SMARTS) is 2. The molecule has 0 rings (SSSR count). The maximum Gasteiger partial charge on any atom is 0.338 e. The van der Waals surface area contributed by atoms with Gasteiger partial charge in [0, 0.05) is 23.3 Å². The SMILES string of the molecule is C#CCCC(C)(CC(C)(N=[N+]=[N-])C(=O)NCC(=O)NC(C(=O)O)C(=O)O)C(=O)NCC(C)O. The molecule has 0 saturated heterocycles. The fraction of sp³-hybridized carbons (Fsp3) is 0.632. The molecule has 0 bridgehead atoms. The van der Waals surface area contributed by atoms with Gasteiger partial charge in [-0.15, -0.1) is 12.3 Å². The second-order valence-corrected chi connectivity index (χ2v) is 7.82. The first-order valence-electron chi connectivity index (χ1n) is 9.71. The van der Waals surface area contributed by atoms with E-state index in [1.807, 2.05) is 0 Å². The number of nitrogens with zero attached hydrogens (tertiary/aromatic N) is 3. The Labute approximate surface area is 189 Å². The Bertz CT molecular complexity index is 849. The number of aliphatic hydroxyl groups is 1. The first kappa shape index (κ1) is 29.2. The molecule has 3 unspecified atom stereocenters. The lowest BCUT2D eigenvalue weighted by molar-refractivity contribution is -0.153. The van der Waals surface area contributed by atoms with E-state index in [0.717, 1.165) is 0 Å². The zero-order valence-corrected chi connectivity index (χ0v) is 18.5. The van der Waals surface area contributed by atoms with Crippen molar-refractivity contribution in [2.45, 2.75) is 57.7 Å². The summed E-state index contributed by atoms with van der Waals surface area (Å²) >= 11 is 0. The molecule has 6 N–H and O–H groups in total. The highest BCUT2D eigenvalue weighted by Crippen LogP contribution is 2.36. The maximum absolute atomic E-state index is 12.8. The normalized spacial score (nSPS) is 14.9. The summed E-state index contributed by atoms with van der Waals surface area (Å²) in [7, 11) is 0. The second kappa shape index (κ2) is 12.9. The molecule has 3 atom stereocenters. The molecule has 0 fully saturated rings. The third-order valence-corrected chi connectivity index (χ3v) is 4.63. The Morgan fingerprint density at radius 2 is 1.70 bits per heavy atom. The van der Waals surface area contributed by atoms with Gasteiger partial charge in [0.2, 0.25) is 23.8 Å². The van der Waals surface area contributed by atoms with Gasteiger partial charge in [-0.25, -0.2) is 9.59 Å². The molecule has 0 aromatic carbocycles. The lowest BCUT2D eigenvalue weighted by Crippen LogP contribution is -2.53. The van der Waals surface area contributed by atoms with Gasteiger partial charge in [-0.2, -0.15) is 0 Å². The van der Waals surface area contributed by atoms with Crippen LogP contribution in [0, 0.1) is 17.8 Å². The minimum atomic E-state index is -2.22. The van der Waals surface area contributed by atoms with Crippen LogP contribution in [0.25, 0.3) is 10.4 Å². The highest BCUT2D eigenvalue weighted by Gasteiger charge is 2.44. The quantitative estimate of drug-likeness (QED) is 0.0615. The molecule has 0 spiro atoms. The van der Waals surface area contributed by atoms with Crippen molar-refractivity contribution < 1.29 is 39.3 Å². The standard InChI is InChI=1S/C19H28N6O8/c1-5-6-7-18(3,16(32)21-8-11(2)26)10-19(4,24-25-20)17(33)22-9-12(27)23-13(14(28)29)15(30)31/h1,11,13,26H,6-10H2,2-4H3,(H,21,32)(H,22,33)(H,23,27)(H,28,29)(H,30,31). The lowest BCUT2D eigenvalue weighted by atomic mass is 9.73. The van der Waals surface area contributed by atoms with Crippen molar-refractivity contribution in [2.75, 3.05) is 13.1 Å². The number of aliphatic carboxylic acids is 2. The third kappa shape index (κ3) is 9.46. The van der Waals surface area contributed by atoms with Crippen LogP contribution in [0.5, 0.6) is 0 Å². The molecule has 0 radical (unpaired) electrons. The molecule has 0 aliphatic heterocycles. The van der Waals surface area contributed by atoms with Crippen LogP contribution in [0.3, 0.4) is 0 Å². The number of azide groups is 1. The summed E-state index contributed by atoms with van der Waals surface area (Å²) in [5.74, 6) is -3.87. The molecular weight excluding hydrogens is 440 g/mol. The highest BCUT2D eigenvalue weighted by atomic mass is 16.4. The molecule has 0 aromatic heterocycles. The van der Waals surface area contributed by atoms with Crippen molar-refractivity contribution in [3.05, 3.63) is 10.4 Å². The van der Waals surface area contributed by atoms with E-state index in [-0.39, 0.29) is 25.8 Å². The number of amides is 3. The Morgan fingerprint density at radius 1 is 1.12 bits per heavy atom. The van der Waals surface area contributed by atoms with Gasteiger partial charge >= 0.3 is 11.9 Å². The van der Waals surface area contributed by atoms with Crippen molar-refractivity contribution >= 4 is 29.7 Å². The summed E-state index contributed by atoms with van der Waals surface area (Å²) in [6, 6.07) is -2.22. The fourth-order valence-electron chi connectivity index (χ4n) is 2.90. The monoisotopic (exact) mass is 468 g/mol. The van der Waals surface area contributed by atoms with E-state index in [1.54, 1.807) is 5.32 Å². The van der Waals surface area contributed by atoms with E-state index in [1.165, 1.54) is 20.8 Å². The summed E-state index contributed by atoms with van der Waals surface area (Å²) in [6.45, 7) is 3.30. The summed E-state index contributed by atoms with van der Waals surface area (Å²) in [5, 5.41) is 36.9. The van der Waals surface area contributed by atoms with Gasteiger partial charge in [0.1, 0.15) is 5.54 Å². The van der Waals surface area contributed by atoms with Gasteiger partial charge in [0.15, 0.2) is 0 Å². The smallest absolute Gasteiger partial charge is 0.338 e. The van der Waals surface area contributed by atoms with Crippen LogP contribution in [-0.2, 0) is 24.0 Å². The van der Waals surface area contributed by atoms with Gasteiger partial charge in [-0.1, -0.05) is 12.0 Å². The lowest BCUT2D eigenvalue weighted by Gasteiger charge is -2.35. The topological polar surface area (TPSA) is 231 Å². The van der Waals surface area contributed by atoms with E-state index in [4.69, 9.17) is 22.2 Å². The summed E-state index contributed by atoms with van der Waals surface area (Å²) in [4.78, 5) is 61.7. The number of carboxylic acids is 2. The first-order chi connectivity index (χ1) is 15.2. The van der Waals surface area contributed by atoms with E-state index in [0.29, 0.717) is 0 Å². The van der Waals surface area contributed by atoms with Crippen molar-refractivity contribution in [1.82, 2.24) is 16.0 Å². The molecule has 182 valence electrons. The van der Waals surface area contributed by atoms with Crippen LogP contribution < -0.4 is 16.0 Å². The number of hydrogen-bond donors (Lipinski definition) is 6. The molecule has 14 heteroatoms. The number of nitrogens with one attached hydrogen (secondary N) is 3. The first-order valence-corrected chi connectivity index (χ1v) is 9.71. The molecular formula is C19H28N6O8.